The van der Waals surface area contributed by atoms with Crippen molar-refractivity contribution in [1.82, 2.24) is 5.48 Å². The number of carbonyl (C=O) groups excluding carboxylic acids is 1. The van der Waals surface area contributed by atoms with E-state index in [2.05, 4.69) is 19.3 Å². The molecule has 0 fully saturated rings. The number of benzene rings is 1. The molecule has 1 aromatic carbocycles. The van der Waals surface area contributed by atoms with Crippen molar-refractivity contribution < 1.29 is 9.63 Å². The monoisotopic (exact) mass is 222 g/mol. The van der Waals surface area contributed by atoms with Crippen LogP contribution in [0.2, 0.25) is 0 Å². The van der Waals surface area contributed by atoms with Crippen molar-refractivity contribution in [3.8, 4) is 0 Å². The zero-order valence-corrected chi connectivity index (χ0v) is 9.64. The molecule has 0 saturated heterocycles. The predicted molar refractivity (Wildman–Crippen MR) is 62.3 cm³/mol. The van der Waals surface area contributed by atoms with Crippen molar-refractivity contribution in [1.29, 1.82) is 0 Å². The number of nitrogens with two attached hydrogens (primary N) is 1. The molecule has 1 aromatic rings. The molecule has 0 heterocycles. The molecule has 1 amide bonds. The maximum atomic E-state index is 10.5. The Morgan fingerprint density at radius 1 is 1.38 bits per heavy atom. The maximum absolute atomic E-state index is 10.5. The Morgan fingerprint density at radius 2 is 2.00 bits per heavy atom. The molecular formula is C12H18N2O2. The summed E-state index contributed by atoms with van der Waals surface area (Å²) < 4.78 is 0. The first-order valence-corrected chi connectivity index (χ1v) is 5.32. The van der Waals surface area contributed by atoms with Gasteiger partial charge in [0.05, 0.1) is 6.04 Å². The van der Waals surface area contributed by atoms with Crippen molar-refractivity contribution >= 4 is 5.91 Å². The zero-order chi connectivity index (χ0) is 12.0. The average molecular weight is 222 g/mol. The van der Waals surface area contributed by atoms with E-state index in [0.29, 0.717) is 5.92 Å². The molecule has 88 valence electrons. The smallest absolute Gasteiger partial charge is 0.245 e. The highest BCUT2D eigenvalue weighted by Crippen LogP contribution is 2.20. The summed E-state index contributed by atoms with van der Waals surface area (Å²) in [6, 6.07) is 10.0. The van der Waals surface area contributed by atoms with Crippen LogP contribution in [-0.2, 0) is 9.63 Å². The quantitative estimate of drug-likeness (QED) is 0.715. The van der Waals surface area contributed by atoms with Gasteiger partial charge in [0.25, 0.3) is 0 Å². The summed E-state index contributed by atoms with van der Waals surface area (Å²) >= 11 is 0. The molecule has 1 unspecified atom stereocenters. The van der Waals surface area contributed by atoms with Crippen molar-refractivity contribution in [2.45, 2.75) is 19.9 Å². The second-order valence-corrected chi connectivity index (χ2v) is 4.01. The number of primary amides is 1. The van der Waals surface area contributed by atoms with Gasteiger partial charge in [-0.05, 0) is 11.5 Å². The standard InChI is InChI=1S/C12H18N2O2/c1-9(2)12(14-16-8-11(13)15)10-6-4-3-5-7-10/h3-7,9,12,14H,8H2,1-2H3,(H2,13,15). The minimum absolute atomic E-state index is 0.0561. The van der Waals surface area contributed by atoms with Crippen LogP contribution < -0.4 is 11.2 Å². The topological polar surface area (TPSA) is 64.3 Å². The van der Waals surface area contributed by atoms with Gasteiger partial charge in [-0.3, -0.25) is 9.63 Å². The highest BCUT2D eigenvalue weighted by atomic mass is 16.6. The van der Waals surface area contributed by atoms with Gasteiger partial charge >= 0.3 is 0 Å². The van der Waals surface area contributed by atoms with Gasteiger partial charge in [0.2, 0.25) is 5.91 Å². The largest absolute Gasteiger partial charge is 0.368 e. The summed E-state index contributed by atoms with van der Waals surface area (Å²) in [6.45, 7) is 4.05. The number of hydroxylamine groups is 1. The number of amides is 1. The lowest BCUT2D eigenvalue weighted by Crippen LogP contribution is -2.30. The minimum atomic E-state index is -0.483. The van der Waals surface area contributed by atoms with E-state index in [1.54, 1.807) is 0 Å². The van der Waals surface area contributed by atoms with E-state index in [4.69, 9.17) is 10.6 Å². The SMILES string of the molecule is CC(C)C(NOCC(N)=O)c1ccccc1. The molecule has 0 aromatic heterocycles. The van der Waals surface area contributed by atoms with E-state index in [9.17, 15) is 4.79 Å². The van der Waals surface area contributed by atoms with E-state index < -0.39 is 5.91 Å². The Bertz CT molecular complexity index is 325. The Labute approximate surface area is 95.7 Å². The molecule has 0 aliphatic heterocycles. The van der Waals surface area contributed by atoms with E-state index in [-0.39, 0.29) is 12.6 Å². The van der Waals surface area contributed by atoms with Gasteiger partial charge in [-0.2, -0.15) is 5.48 Å². The molecule has 1 atom stereocenters. The number of hydrogen-bond donors (Lipinski definition) is 2. The van der Waals surface area contributed by atoms with E-state index in [1.165, 1.54) is 0 Å². The lowest BCUT2D eigenvalue weighted by Gasteiger charge is -2.22. The first-order chi connectivity index (χ1) is 7.61. The van der Waals surface area contributed by atoms with Crippen molar-refractivity contribution in [2.75, 3.05) is 6.61 Å². The van der Waals surface area contributed by atoms with Gasteiger partial charge in [-0.1, -0.05) is 44.2 Å². The fourth-order valence-corrected chi connectivity index (χ4v) is 1.45. The van der Waals surface area contributed by atoms with Gasteiger partial charge in [0, 0.05) is 0 Å². The van der Waals surface area contributed by atoms with Crippen LogP contribution in [-0.4, -0.2) is 12.5 Å². The molecule has 0 radical (unpaired) electrons. The Balaban J connectivity index is 2.58. The molecule has 0 bridgehead atoms. The number of carbonyl (C=O) groups is 1. The van der Waals surface area contributed by atoms with E-state index in [1.807, 2.05) is 30.3 Å². The second-order valence-electron chi connectivity index (χ2n) is 4.01. The molecule has 4 heteroatoms. The summed E-state index contributed by atoms with van der Waals surface area (Å²) in [5.74, 6) is -0.127. The highest BCUT2D eigenvalue weighted by Gasteiger charge is 2.15. The van der Waals surface area contributed by atoms with Crippen LogP contribution in [0.4, 0.5) is 0 Å². The third kappa shape index (κ3) is 4.00. The lowest BCUT2D eigenvalue weighted by atomic mass is 9.97. The number of rotatable bonds is 6. The van der Waals surface area contributed by atoms with E-state index in [0.717, 1.165) is 5.56 Å². The van der Waals surface area contributed by atoms with Crippen molar-refractivity contribution in [2.24, 2.45) is 11.7 Å². The summed E-state index contributed by atoms with van der Waals surface area (Å²) in [7, 11) is 0. The lowest BCUT2D eigenvalue weighted by molar-refractivity contribution is -0.126. The summed E-state index contributed by atoms with van der Waals surface area (Å²) in [4.78, 5) is 15.6. The second kappa shape index (κ2) is 6.25. The van der Waals surface area contributed by atoms with Crippen molar-refractivity contribution in [3.05, 3.63) is 35.9 Å². The van der Waals surface area contributed by atoms with Crippen molar-refractivity contribution in [3.63, 3.8) is 0 Å². The Morgan fingerprint density at radius 3 is 2.50 bits per heavy atom. The number of hydrogen-bond acceptors (Lipinski definition) is 3. The first kappa shape index (κ1) is 12.7. The molecular weight excluding hydrogens is 204 g/mol. The number of nitrogens with one attached hydrogen (secondary N) is 1. The summed E-state index contributed by atoms with van der Waals surface area (Å²) in [6.07, 6.45) is 0. The average Bonchev–Trinajstić information content (AvgIpc) is 2.25. The Kier molecular flexibility index (Phi) is 4.95. The molecule has 0 saturated carbocycles. The first-order valence-electron chi connectivity index (χ1n) is 5.32. The van der Waals surface area contributed by atoms with Crippen LogP contribution in [0, 0.1) is 5.92 Å². The fourth-order valence-electron chi connectivity index (χ4n) is 1.45. The van der Waals surface area contributed by atoms with Gasteiger partial charge in [0.1, 0.15) is 6.61 Å². The zero-order valence-electron chi connectivity index (χ0n) is 9.64. The molecule has 0 aliphatic carbocycles. The van der Waals surface area contributed by atoms with Crippen LogP contribution >= 0.6 is 0 Å². The van der Waals surface area contributed by atoms with Gasteiger partial charge in [-0.25, -0.2) is 0 Å². The highest BCUT2D eigenvalue weighted by molar-refractivity contribution is 5.74. The molecule has 0 spiro atoms. The summed E-state index contributed by atoms with van der Waals surface area (Å²) in [5, 5.41) is 0. The van der Waals surface area contributed by atoms with Crippen LogP contribution in [0.3, 0.4) is 0 Å². The molecule has 1 rings (SSSR count). The van der Waals surface area contributed by atoms with Crippen LogP contribution in [0.25, 0.3) is 0 Å². The molecule has 4 nitrogen and oxygen atoms in total. The van der Waals surface area contributed by atoms with Crippen LogP contribution in [0.5, 0.6) is 0 Å². The van der Waals surface area contributed by atoms with E-state index >= 15 is 0 Å². The normalized spacial score (nSPS) is 12.7. The van der Waals surface area contributed by atoms with Gasteiger partial charge < -0.3 is 5.73 Å². The third-order valence-corrected chi connectivity index (χ3v) is 2.25. The van der Waals surface area contributed by atoms with Gasteiger partial charge in [0.15, 0.2) is 0 Å². The predicted octanol–water partition coefficient (Wildman–Crippen LogP) is 1.39. The Hall–Kier alpha value is -1.39. The minimum Gasteiger partial charge on any atom is -0.368 e. The van der Waals surface area contributed by atoms with Crippen LogP contribution in [0.15, 0.2) is 30.3 Å². The molecule has 3 N–H and O–H groups in total. The van der Waals surface area contributed by atoms with Gasteiger partial charge in [-0.15, -0.1) is 0 Å². The molecule has 0 aliphatic rings. The van der Waals surface area contributed by atoms with Crippen LogP contribution in [0.1, 0.15) is 25.5 Å². The summed E-state index contributed by atoms with van der Waals surface area (Å²) in [5.41, 5.74) is 8.98. The maximum Gasteiger partial charge on any atom is 0.245 e. The fraction of sp³-hybridized carbons (Fsp3) is 0.417. The third-order valence-electron chi connectivity index (χ3n) is 2.25. The molecule has 16 heavy (non-hydrogen) atoms.